The van der Waals surface area contributed by atoms with Crippen molar-refractivity contribution in [3.8, 4) is 11.5 Å². The Morgan fingerprint density at radius 3 is 2.00 bits per heavy atom. The third-order valence-corrected chi connectivity index (χ3v) is 5.78. The van der Waals surface area contributed by atoms with E-state index in [1.54, 1.807) is 33.4 Å². The van der Waals surface area contributed by atoms with E-state index in [4.69, 9.17) is 18.9 Å². The molecule has 0 radical (unpaired) electrons. The number of nitrogens with zero attached hydrogens (tertiary/aromatic N) is 1. The minimum absolute atomic E-state index is 0.187. The molecule has 3 rings (SSSR count). The van der Waals surface area contributed by atoms with Gasteiger partial charge in [-0.25, -0.2) is 4.79 Å². The Balaban J connectivity index is 1.84. The second kappa shape index (κ2) is 14.5. The molecule has 1 heterocycles. The van der Waals surface area contributed by atoms with Crippen molar-refractivity contribution in [2.45, 2.75) is 32.2 Å². The Labute approximate surface area is 226 Å². The summed E-state index contributed by atoms with van der Waals surface area (Å²) in [5.41, 5.74) is 2.60. The summed E-state index contributed by atoms with van der Waals surface area (Å²) in [6.45, 7) is 1.58. The second-order valence-corrected chi connectivity index (χ2v) is 8.82. The zero-order valence-electron chi connectivity index (χ0n) is 22.2. The van der Waals surface area contributed by atoms with E-state index in [-0.39, 0.29) is 18.9 Å². The number of carbonyl (C=O) groups excluding carboxylic acids is 1. The fourth-order valence-corrected chi connectivity index (χ4v) is 4.01. The first-order chi connectivity index (χ1) is 18.7. The number of rotatable bonds is 15. The van der Waals surface area contributed by atoms with Crippen LogP contribution in [0.1, 0.15) is 28.5 Å². The van der Waals surface area contributed by atoms with Crippen molar-refractivity contribution in [2.75, 3.05) is 45.9 Å². The summed E-state index contributed by atoms with van der Waals surface area (Å²) >= 11 is 0. The summed E-state index contributed by atoms with van der Waals surface area (Å²) in [6.07, 6.45) is -2.89. The Bertz CT molecular complexity index is 1100. The Morgan fingerprint density at radius 1 is 0.949 bits per heavy atom. The van der Waals surface area contributed by atoms with E-state index in [2.05, 4.69) is 15.2 Å². The molecule has 0 aliphatic rings. The van der Waals surface area contributed by atoms with Crippen molar-refractivity contribution < 1.29 is 36.9 Å². The van der Waals surface area contributed by atoms with Gasteiger partial charge in [0.1, 0.15) is 23.8 Å². The van der Waals surface area contributed by atoms with Crippen molar-refractivity contribution in [1.82, 2.24) is 9.88 Å². The number of hydrogen-bond acceptors (Lipinski definition) is 7. The van der Waals surface area contributed by atoms with Gasteiger partial charge in [0.25, 0.3) is 0 Å². The average Bonchev–Trinajstić information content (AvgIpc) is 3.37. The molecule has 0 amide bonds. The van der Waals surface area contributed by atoms with Gasteiger partial charge < -0.3 is 29.2 Å². The molecule has 3 aromatic rings. The van der Waals surface area contributed by atoms with Crippen LogP contribution in [-0.4, -0.2) is 68.7 Å². The predicted octanol–water partition coefficient (Wildman–Crippen LogP) is 5.27. The lowest BCUT2D eigenvalue weighted by molar-refractivity contribution is -0.174. The van der Waals surface area contributed by atoms with Gasteiger partial charge in [0, 0.05) is 25.8 Å². The molecule has 2 N–H and O–H groups in total. The van der Waals surface area contributed by atoms with Crippen LogP contribution >= 0.6 is 0 Å². The van der Waals surface area contributed by atoms with Crippen LogP contribution in [0.15, 0.2) is 60.8 Å². The highest BCUT2D eigenvalue weighted by Crippen LogP contribution is 2.21. The summed E-state index contributed by atoms with van der Waals surface area (Å²) < 4.78 is 59.2. The van der Waals surface area contributed by atoms with E-state index in [0.717, 1.165) is 22.6 Å². The minimum atomic E-state index is -4.46. The number of ether oxygens (including phenoxy) is 4. The predicted molar refractivity (Wildman–Crippen MR) is 141 cm³/mol. The number of aromatic amines is 1. The number of aromatic nitrogens is 1. The van der Waals surface area contributed by atoms with Crippen LogP contribution < -0.4 is 14.8 Å². The molecule has 1 aromatic heterocycles. The van der Waals surface area contributed by atoms with Gasteiger partial charge in [-0.1, -0.05) is 24.3 Å². The van der Waals surface area contributed by atoms with Crippen molar-refractivity contribution in [2.24, 2.45) is 0 Å². The quantitative estimate of drug-likeness (QED) is 0.250. The molecule has 0 aliphatic carbocycles. The Kier molecular flexibility index (Phi) is 11.1. The number of alkyl halides is 3. The normalized spacial score (nSPS) is 12.3. The number of carbonyl (C=O) groups is 1. The standard InChI is InChI=1S/C28H34F3N3O5/c1-4-39-27(35)26-25(13-14-32-26)33-22(18-38-19-28(29,30)31)17-34(15-20-5-9-23(36-2)10-6-20)16-21-7-11-24(37-3)12-8-21/h5-14,22,32-33H,4,15-19H2,1-3H3. The molecule has 39 heavy (non-hydrogen) atoms. The number of benzene rings is 2. The number of halogens is 3. The van der Waals surface area contributed by atoms with Crippen molar-refractivity contribution in [3.63, 3.8) is 0 Å². The highest BCUT2D eigenvalue weighted by Gasteiger charge is 2.28. The van der Waals surface area contributed by atoms with E-state index in [9.17, 15) is 18.0 Å². The summed E-state index contributed by atoms with van der Waals surface area (Å²) in [5.74, 6) is 0.882. The monoisotopic (exact) mass is 549 g/mol. The van der Waals surface area contributed by atoms with Crippen LogP contribution in [-0.2, 0) is 22.6 Å². The van der Waals surface area contributed by atoms with Gasteiger partial charge in [0.05, 0.1) is 39.2 Å². The lowest BCUT2D eigenvalue weighted by Crippen LogP contribution is -2.40. The van der Waals surface area contributed by atoms with Crippen molar-refractivity contribution >= 4 is 11.7 Å². The molecule has 1 atom stereocenters. The Hall–Kier alpha value is -3.70. The third-order valence-electron chi connectivity index (χ3n) is 5.78. The maximum absolute atomic E-state index is 12.9. The van der Waals surface area contributed by atoms with Gasteiger partial charge in [0.2, 0.25) is 0 Å². The van der Waals surface area contributed by atoms with Gasteiger partial charge >= 0.3 is 12.1 Å². The van der Waals surface area contributed by atoms with E-state index >= 15 is 0 Å². The number of hydrogen-bond donors (Lipinski definition) is 2. The number of methoxy groups -OCH3 is 2. The molecule has 0 saturated carbocycles. The zero-order chi connectivity index (χ0) is 28.3. The van der Waals surface area contributed by atoms with Crippen LogP contribution in [0.25, 0.3) is 0 Å². The van der Waals surface area contributed by atoms with Gasteiger partial charge in [-0.2, -0.15) is 13.2 Å². The maximum atomic E-state index is 12.9. The van der Waals surface area contributed by atoms with Gasteiger partial charge in [-0.05, 0) is 48.4 Å². The number of esters is 1. The zero-order valence-corrected chi connectivity index (χ0v) is 22.2. The van der Waals surface area contributed by atoms with E-state index in [1.807, 2.05) is 48.5 Å². The largest absolute Gasteiger partial charge is 0.497 e. The van der Waals surface area contributed by atoms with Crippen LogP contribution in [0.5, 0.6) is 11.5 Å². The lowest BCUT2D eigenvalue weighted by atomic mass is 10.1. The maximum Gasteiger partial charge on any atom is 0.411 e. The molecule has 2 aromatic carbocycles. The van der Waals surface area contributed by atoms with Crippen LogP contribution in [0.3, 0.4) is 0 Å². The summed E-state index contributed by atoms with van der Waals surface area (Å²) in [5, 5.41) is 3.19. The molecule has 212 valence electrons. The summed E-state index contributed by atoms with van der Waals surface area (Å²) in [7, 11) is 3.18. The fraction of sp³-hybridized carbons (Fsp3) is 0.393. The minimum Gasteiger partial charge on any atom is -0.497 e. The average molecular weight is 550 g/mol. The van der Waals surface area contributed by atoms with Crippen LogP contribution in [0.4, 0.5) is 18.9 Å². The van der Waals surface area contributed by atoms with E-state index < -0.39 is 24.8 Å². The highest BCUT2D eigenvalue weighted by atomic mass is 19.4. The molecular weight excluding hydrogens is 515 g/mol. The van der Waals surface area contributed by atoms with Crippen LogP contribution in [0, 0.1) is 0 Å². The summed E-state index contributed by atoms with van der Waals surface area (Å²) in [6, 6.07) is 16.2. The second-order valence-electron chi connectivity index (χ2n) is 8.82. The molecule has 0 aliphatic heterocycles. The first-order valence-corrected chi connectivity index (χ1v) is 12.4. The smallest absolute Gasteiger partial charge is 0.411 e. The molecule has 0 bridgehead atoms. The van der Waals surface area contributed by atoms with Gasteiger partial charge in [-0.15, -0.1) is 0 Å². The topological polar surface area (TPSA) is 85.1 Å². The number of nitrogens with one attached hydrogen (secondary N) is 2. The van der Waals surface area contributed by atoms with E-state index in [0.29, 0.717) is 25.3 Å². The third kappa shape index (κ3) is 9.84. The van der Waals surface area contributed by atoms with Gasteiger partial charge in [0.15, 0.2) is 0 Å². The first kappa shape index (κ1) is 29.9. The summed E-state index contributed by atoms with van der Waals surface area (Å²) in [4.78, 5) is 17.3. The molecule has 0 fully saturated rings. The van der Waals surface area contributed by atoms with Gasteiger partial charge in [-0.3, -0.25) is 4.90 Å². The molecule has 0 saturated heterocycles. The van der Waals surface area contributed by atoms with Crippen molar-refractivity contribution in [1.29, 1.82) is 0 Å². The lowest BCUT2D eigenvalue weighted by Gasteiger charge is -2.29. The van der Waals surface area contributed by atoms with Crippen molar-refractivity contribution in [3.05, 3.63) is 77.6 Å². The molecule has 8 nitrogen and oxygen atoms in total. The van der Waals surface area contributed by atoms with E-state index in [1.165, 1.54) is 0 Å². The molecule has 11 heteroatoms. The number of H-pyrrole nitrogens is 1. The molecule has 1 unspecified atom stereocenters. The highest BCUT2D eigenvalue weighted by molar-refractivity contribution is 5.93. The first-order valence-electron chi connectivity index (χ1n) is 12.4. The fourth-order valence-electron chi connectivity index (χ4n) is 4.01. The van der Waals surface area contributed by atoms with Crippen LogP contribution in [0.2, 0.25) is 0 Å². The SMILES string of the molecule is CCOC(=O)c1[nH]ccc1NC(COCC(F)(F)F)CN(Cc1ccc(OC)cc1)Cc1ccc(OC)cc1. The Morgan fingerprint density at radius 2 is 1.51 bits per heavy atom. The number of anilines is 1. The molecule has 0 spiro atoms. The molecular formula is C28H34F3N3O5.